The number of nitrogens with one attached hydrogen (secondary N) is 1. The molecule has 8 heteroatoms. The monoisotopic (exact) mass is 399 g/mol. The van der Waals surface area contributed by atoms with Crippen LogP contribution in [0, 0.1) is 0 Å². The Labute approximate surface area is 166 Å². The van der Waals surface area contributed by atoms with Gasteiger partial charge in [-0.3, -0.25) is 9.59 Å². The van der Waals surface area contributed by atoms with Gasteiger partial charge < -0.3 is 14.6 Å². The molecule has 2 aromatic heterocycles. The molecule has 7 nitrogen and oxygen atoms in total. The van der Waals surface area contributed by atoms with Gasteiger partial charge in [0.25, 0.3) is 5.91 Å². The van der Waals surface area contributed by atoms with E-state index in [9.17, 15) is 9.59 Å². The summed E-state index contributed by atoms with van der Waals surface area (Å²) in [6, 6.07) is 9.45. The molecule has 0 saturated heterocycles. The number of hydrogen-bond acceptors (Lipinski definition) is 7. The molecule has 0 aliphatic rings. The van der Waals surface area contributed by atoms with E-state index in [-0.39, 0.29) is 31.3 Å². The van der Waals surface area contributed by atoms with Gasteiger partial charge in [0.2, 0.25) is 11.7 Å². The van der Waals surface area contributed by atoms with Gasteiger partial charge in [-0.15, -0.1) is 0 Å². The molecular formula is C20H21N3O4S. The smallest absolute Gasteiger partial charge is 0.306 e. The van der Waals surface area contributed by atoms with Gasteiger partial charge in [-0.1, -0.05) is 37.2 Å². The second kappa shape index (κ2) is 9.27. The summed E-state index contributed by atoms with van der Waals surface area (Å²) in [7, 11) is 0. The van der Waals surface area contributed by atoms with E-state index in [4.69, 9.17) is 9.26 Å². The SMILES string of the molecule is CC(C)c1ccccc1NC(=O)COC(=O)CCc1nc(-c2ccsc2)no1. The summed E-state index contributed by atoms with van der Waals surface area (Å²) < 4.78 is 10.2. The third kappa shape index (κ3) is 5.26. The number of para-hydroxylation sites is 1. The van der Waals surface area contributed by atoms with Crippen LogP contribution in [0.5, 0.6) is 0 Å². The van der Waals surface area contributed by atoms with Gasteiger partial charge in [-0.25, -0.2) is 0 Å². The zero-order valence-electron chi connectivity index (χ0n) is 15.7. The highest BCUT2D eigenvalue weighted by Gasteiger charge is 2.14. The van der Waals surface area contributed by atoms with E-state index in [1.54, 1.807) is 11.3 Å². The first-order valence-electron chi connectivity index (χ1n) is 8.92. The van der Waals surface area contributed by atoms with Crippen LogP contribution >= 0.6 is 11.3 Å². The van der Waals surface area contributed by atoms with Crippen molar-refractivity contribution in [1.82, 2.24) is 10.1 Å². The van der Waals surface area contributed by atoms with E-state index in [0.29, 0.717) is 11.7 Å². The van der Waals surface area contributed by atoms with Crippen LogP contribution in [0.4, 0.5) is 5.69 Å². The molecule has 146 valence electrons. The summed E-state index contributed by atoms with van der Waals surface area (Å²) in [4.78, 5) is 28.2. The fraction of sp³-hybridized carbons (Fsp3) is 0.300. The van der Waals surface area contributed by atoms with Crippen LogP contribution in [0.25, 0.3) is 11.4 Å². The van der Waals surface area contributed by atoms with E-state index >= 15 is 0 Å². The van der Waals surface area contributed by atoms with Crippen molar-refractivity contribution in [2.24, 2.45) is 0 Å². The maximum Gasteiger partial charge on any atom is 0.306 e. The molecular weight excluding hydrogens is 378 g/mol. The fourth-order valence-electron chi connectivity index (χ4n) is 2.59. The number of aromatic nitrogens is 2. The predicted octanol–water partition coefficient (Wildman–Crippen LogP) is 4.04. The van der Waals surface area contributed by atoms with Gasteiger partial charge in [-0.2, -0.15) is 16.3 Å². The average Bonchev–Trinajstić information content (AvgIpc) is 3.36. The first-order valence-corrected chi connectivity index (χ1v) is 9.86. The highest BCUT2D eigenvalue weighted by atomic mass is 32.1. The number of esters is 1. The molecule has 0 atom stereocenters. The Hall–Kier alpha value is -3.00. The van der Waals surface area contributed by atoms with Gasteiger partial charge in [0.1, 0.15) is 0 Å². The van der Waals surface area contributed by atoms with Crippen molar-refractivity contribution in [1.29, 1.82) is 0 Å². The fourth-order valence-corrected chi connectivity index (χ4v) is 3.23. The molecule has 0 unspecified atom stereocenters. The molecule has 0 aliphatic heterocycles. The van der Waals surface area contributed by atoms with Crippen molar-refractivity contribution < 1.29 is 18.8 Å². The number of rotatable bonds is 8. The molecule has 28 heavy (non-hydrogen) atoms. The molecule has 2 heterocycles. The zero-order chi connectivity index (χ0) is 19.9. The largest absolute Gasteiger partial charge is 0.456 e. The van der Waals surface area contributed by atoms with Crippen LogP contribution in [0.3, 0.4) is 0 Å². The quantitative estimate of drug-likeness (QED) is 0.575. The van der Waals surface area contributed by atoms with E-state index in [0.717, 1.165) is 16.8 Å². The Balaban J connectivity index is 1.44. The van der Waals surface area contributed by atoms with E-state index in [2.05, 4.69) is 15.5 Å². The van der Waals surface area contributed by atoms with Gasteiger partial charge in [0.15, 0.2) is 6.61 Å². The number of carbonyl (C=O) groups is 2. The molecule has 0 fully saturated rings. The van der Waals surface area contributed by atoms with Crippen LogP contribution in [0.2, 0.25) is 0 Å². The average molecular weight is 399 g/mol. The summed E-state index contributed by atoms with van der Waals surface area (Å²) in [5, 5.41) is 10.5. The van der Waals surface area contributed by atoms with Crippen molar-refractivity contribution >= 4 is 28.9 Å². The predicted molar refractivity (Wildman–Crippen MR) is 106 cm³/mol. The second-order valence-electron chi connectivity index (χ2n) is 6.47. The van der Waals surface area contributed by atoms with Gasteiger partial charge in [-0.05, 0) is 29.0 Å². The number of thiophene rings is 1. The molecule has 1 aromatic carbocycles. The Morgan fingerprint density at radius 3 is 2.82 bits per heavy atom. The van der Waals surface area contributed by atoms with Crippen molar-refractivity contribution in [2.45, 2.75) is 32.6 Å². The second-order valence-corrected chi connectivity index (χ2v) is 7.25. The molecule has 0 aliphatic carbocycles. The number of carbonyl (C=O) groups excluding carboxylic acids is 2. The third-order valence-corrected chi connectivity index (χ3v) is 4.69. The van der Waals surface area contributed by atoms with Crippen molar-refractivity contribution in [3.05, 3.63) is 52.5 Å². The number of aryl methyl sites for hydroxylation is 1. The lowest BCUT2D eigenvalue weighted by molar-refractivity contribution is -0.147. The molecule has 3 aromatic rings. The summed E-state index contributed by atoms with van der Waals surface area (Å²) in [5.74, 6) is 0.246. The van der Waals surface area contributed by atoms with E-state index < -0.39 is 5.97 Å². The van der Waals surface area contributed by atoms with Crippen LogP contribution in [0.1, 0.15) is 37.6 Å². The summed E-state index contributed by atoms with van der Waals surface area (Å²) in [6.45, 7) is 3.76. The molecule has 0 saturated carbocycles. The normalized spacial score (nSPS) is 10.8. The number of benzene rings is 1. The minimum absolute atomic E-state index is 0.0567. The molecule has 0 bridgehead atoms. The Kier molecular flexibility index (Phi) is 6.54. The van der Waals surface area contributed by atoms with Crippen molar-refractivity contribution in [3.63, 3.8) is 0 Å². The van der Waals surface area contributed by atoms with Gasteiger partial charge in [0.05, 0.1) is 6.42 Å². The Morgan fingerprint density at radius 2 is 2.07 bits per heavy atom. The summed E-state index contributed by atoms with van der Waals surface area (Å²) >= 11 is 1.54. The number of hydrogen-bond donors (Lipinski definition) is 1. The first-order chi connectivity index (χ1) is 13.5. The Morgan fingerprint density at radius 1 is 1.25 bits per heavy atom. The van der Waals surface area contributed by atoms with Crippen molar-refractivity contribution in [3.8, 4) is 11.4 Å². The number of ether oxygens (including phenoxy) is 1. The third-order valence-electron chi connectivity index (χ3n) is 4.01. The number of anilines is 1. The Bertz CT molecular complexity index is 935. The van der Waals surface area contributed by atoms with E-state index in [1.807, 2.05) is 54.9 Å². The zero-order valence-corrected chi connectivity index (χ0v) is 16.5. The van der Waals surface area contributed by atoms with Gasteiger partial charge in [0, 0.05) is 23.1 Å². The molecule has 1 N–H and O–H groups in total. The molecule has 0 spiro atoms. The molecule has 0 radical (unpaired) electrons. The maximum absolute atomic E-state index is 12.1. The van der Waals surface area contributed by atoms with Gasteiger partial charge >= 0.3 is 5.97 Å². The standard InChI is InChI=1S/C20H21N3O4S/c1-13(2)15-5-3-4-6-16(15)21-17(24)11-26-19(25)8-7-18-22-20(23-27-18)14-9-10-28-12-14/h3-6,9-10,12-13H,7-8,11H2,1-2H3,(H,21,24). The minimum Gasteiger partial charge on any atom is -0.456 e. The number of nitrogens with zero attached hydrogens (tertiary/aromatic N) is 2. The van der Waals surface area contributed by atoms with Crippen molar-refractivity contribution in [2.75, 3.05) is 11.9 Å². The molecule has 1 amide bonds. The lowest BCUT2D eigenvalue weighted by Gasteiger charge is -2.13. The van der Waals surface area contributed by atoms with Crippen LogP contribution in [-0.4, -0.2) is 28.6 Å². The first kappa shape index (κ1) is 19.8. The lowest BCUT2D eigenvalue weighted by Crippen LogP contribution is -2.21. The summed E-state index contributed by atoms with van der Waals surface area (Å²) in [6.07, 6.45) is 0.314. The summed E-state index contributed by atoms with van der Waals surface area (Å²) in [5.41, 5.74) is 2.63. The number of amides is 1. The highest BCUT2D eigenvalue weighted by molar-refractivity contribution is 7.08. The van der Waals surface area contributed by atoms with Crippen LogP contribution in [-0.2, 0) is 20.7 Å². The maximum atomic E-state index is 12.1. The van der Waals surface area contributed by atoms with Crippen LogP contribution < -0.4 is 5.32 Å². The van der Waals surface area contributed by atoms with E-state index in [1.165, 1.54) is 0 Å². The minimum atomic E-state index is -0.498. The lowest BCUT2D eigenvalue weighted by atomic mass is 10.0. The highest BCUT2D eigenvalue weighted by Crippen LogP contribution is 2.23. The molecule has 3 rings (SSSR count). The van der Waals surface area contributed by atoms with Crippen LogP contribution in [0.15, 0.2) is 45.6 Å². The topological polar surface area (TPSA) is 94.3 Å².